The number of benzene rings is 8. The van der Waals surface area contributed by atoms with Crippen LogP contribution in [0.25, 0.3) is 115 Å². The minimum Gasteiger partial charge on any atom is -0.309 e. The van der Waals surface area contributed by atoms with Gasteiger partial charge < -0.3 is 4.57 Å². The summed E-state index contributed by atoms with van der Waals surface area (Å²) in [6.45, 7) is 0. The Balaban J connectivity index is 1.17. The molecule has 12 aromatic rings. The quantitative estimate of drug-likeness (QED) is 0.161. The van der Waals surface area contributed by atoms with Gasteiger partial charge in [-0.15, -0.1) is 11.3 Å². The third kappa shape index (κ3) is 6.08. The van der Waals surface area contributed by atoms with Gasteiger partial charge in [-0.25, -0.2) is 15.0 Å². The third-order valence-electron chi connectivity index (χ3n) is 11.7. The normalized spacial score (nSPS) is 11.5. The largest absolute Gasteiger partial charge is 0.309 e. The summed E-state index contributed by atoms with van der Waals surface area (Å²) in [6.07, 6.45) is 2.00. The lowest BCUT2D eigenvalue weighted by Crippen LogP contribution is -2.02. The van der Waals surface area contributed by atoms with Crippen LogP contribution in [0.2, 0.25) is 0 Å². The van der Waals surface area contributed by atoms with Gasteiger partial charge >= 0.3 is 0 Å². The Kier molecular flexibility index (Phi) is 8.61. The van der Waals surface area contributed by atoms with Crippen molar-refractivity contribution in [3.8, 4) is 73.4 Å². The molecule has 0 spiro atoms. The topological polar surface area (TPSA) is 56.5 Å². The Morgan fingerprint density at radius 3 is 1.65 bits per heavy atom. The van der Waals surface area contributed by atoms with Crippen LogP contribution in [0, 0.1) is 0 Å². The molecule has 0 aliphatic rings. The molecule has 0 radical (unpaired) electrons. The molecule has 0 saturated carbocycles. The second-order valence-electron chi connectivity index (χ2n) is 15.4. The zero-order valence-corrected chi connectivity index (χ0v) is 34.2. The minimum atomic E-state index is 0.557. The fourth-order valence-corrected chi connectivity index (χ4v) is 9.98. The van der Waals surface area contributed by atoms with Gasteiger partial charge in [0.15, 0.2) is 17.5 Å². The van der Waals surface area contributed by atoms with Gasteiger partial charge in [0.1, 0.15) is 0 Å². The second-order valence-corrected chi connectivity index (χ2v) is 16.5. The Bertz CT molecular complexity index is 3560. The van der Waals surface area contributed by atoms with Crippen LogP contribution in [0.3, 0.4) is 0 Å². The van der Waals surface area contributed by atoms with Gasteiger partial charge in [0.2, 0.25) is 0 Å². The van der Waals surface area contributed by atoms with E-state index in [9.17, 15) is 0 Å². The number of para-hydroxylation sites is 2. The highest BCUT2D eigenvalue weighted by molar-refractivity contribution is 7.26. The first-order chi connectivity index (χ1) is 30.7. The molecule has 0 N–H and O–H groups in total. The van der Waals surface area contributed by atoms with Crippen molar-refractivity contribution in [2.24, 2.45) is 0 Å². The Morgan fingerprint density at radius 2 is 0.935 bits per heavy atom. The third-order valence-corrected chi connectivity index (χ3v) is 12.8. The van der Waals surface area contributed by atoms with Gasteiger partial charge in [-0.2, -0.15) is 0 Å². The number of pyridine rings is 1. The molecule has 0 aliphatic heterocycles. The maximum absolute atomic E-state index is 5.45. The number of fused-ring (bicyclic) bond motifs is 7. The van der Waals surface area contributed by atoms with E-state index < -0.39 is 0 Å². The van der Waals surface area contributed by atoms with E-state index in [0.29, 0.717) is 17.5 Å². The van der Waals surface area contributed by atoms with E-state index in [0.717, 1.165) is 61.3 Å². The molecule has 0 saturated heterocycles. The van der Waals surface area contributed by atoms with Gasteiger partial charge in [0.05, 0.1) is 16.7 Å². The van der Waals surface area contributed by atoms with Crippen LogP contribution in [0.5, 0.6) is 0 Å². The van der Waals surface area contributed by atoms with E-state index in [2.05, 4.69) is 144 Å². The van der Waals surface area contributed by atoms with Crippen molar-refractivity contribution >= 4 is 53.3 Å². The maximum atomic E-state index is 5.45. The van der Waals surface area contributed by atoms with E-state index in [-0.39, 0.29) is 0 Å². The van der Waals surface area contributed by atoms with Crippen molar-refractivity contribution in [2.45, 2.75) is 0 Å². The zero-order valence-electron chi connectivity index (χ0n) is 33.4. The maximum Gasteiger partial charge on any atom is 0.166 e. The smallest absolute Gasteiger partial charge is 0.166 e. The molecular weight excluding hydrogens is 775 g/mol. The van der Waals surface area contributed by atoms with Gasteiger partial charge in [-0.05, 0) is 59.2 Å². The lowest BCUT2D eigenvalue weighted by Gasteiger charge is -2.15. The first-order valence-electron chi connectivity index (χ1n) is 20.7. The molecule has 8 aromatic carbocycles. The summed E-state index contributed by atoms with van der Waals surface area (Å²) in [7, 11) is 0. The minimum absolute atomic E-state index is 0.557. The Morgan fingerprint density at radius 1 is 0.371 bits per heavy atom. The summed E-state index contributed by atoms with van der Waals surface area (Å²) in [4.78, 5) is 21.1. The zero-order chi connectivity index (χ0) is 41.0. The van der Waals surface area contributed by atoms with Crippen molar-refractivity contribution in [3.63, 3.8) is 0 Å². The first-order valence-corrected chi connectivity index (χ1v) is 21.5. The standard InChI is InChI=1S/C56H35N5S/c1-5-17-36(18-6-1)39-23-15-24-40(33-39)41-34-46(56-59-54(37-19-7-2-8-20-37)58-55(60-56)38-21-9-3-10-22-38)52(57-35-41)45-28-16-30-48-50(45)51-49(62-48)32-31-44-43-27-13-14-29-47(43)61(53(44)51)42-25-11-4-12-26-42/h1-35H. The molecule has 4 heterocycles. The summed E-state index contributed by atoms with van der Waals surface area (Å²) in [5.41, 5.74) is 12.3. The molecule has 0 aliphatic carbocycles. The number of nitrogens with zero attached hydrogens (tertiary/aromatic N) is 5. The molecule has 0 atom stereocenters. The first kappa shape index (κ1) is 35.8. The van der Waals surface area contributed by atoms with E-state index in [1.807, 2.05) is 84.3 Å². The Labute approximate surface area is 361 Å². The van der Waals surface area contributed by atoms with Gasteiger partial charge in [0, 0.05) is 70.6 Å². The fraction of sp³-hybridized carbons (Fsp3) is 0. The highest BCUT2D eigenvalue weighted by Gasteiger charge is 2.24. The Hall–Kier alpha value is -8.06. The van der Waals surface area contributed by atoms with Crippen LogP contribution in [-0.4, -0.2) is 24.5 Å². The molecule has 62 heavy (non-hydrogen) atoms. The number of hydrogen-bond donors (Lipinski definition) is 0. The molecule has 12 rings (SSSR count). The predicted molar refractivity (Wildman–Crippen MR) is 257 cm³/mol. The second kappa shape index (κ2) is 14.9. The molecule has 0 fully saturated rings. The van der Waals surface area contributed by atoms with Crippen LogP contribution in [0.4, 0.5) is 0 Å². The van der Waals surface area contributed by atoms with Gasteiger partial charge in [0.25, 0.3) is 0 Å². The number of thiophene rings is 1. The molecule has 290 valence electrons. The number of rotatable bonds is 7. The van der Waals surface area contributed by atoms with E-state index in [4.69, 9.17) is 19.9 Å². The number of aromatic nitrogens is 5. The monoisotopic (exact) mass is 809 g/mol. The molecular formula is C56H35N5S. The fourth-order valence-electron chi connectivity index (χ4n) is 8.85. The van der Waals surface area contributed by atoms with Crippen molar-refractivity contribution in [3.05, 3.63) is 212 Å². The lowest BCUT2D eigenvalue weighted by molar-refractivity contribution is 1.07. The highest BCUT2D eigenvalue weighted by Crippen LogP contribution is 2.47. The molecule has 0 amide bonds. The van der Waals surface area contributed by atoms with Crippen molar-refractivity contribution in [2.75, 3.05) is 0 Å². The van der Waals surface area contributed by atoms with Gasteiger partial charge in [-0.1, -0.05) is 164 Å². The average molecular weight is 810 g/mol. The van der Waals surface area contributed by atoms with Crippen LogP contribution in [0.15, 0.2) is 212 Å². The lowest BCUT2D eigenvalue weighted by atomic mass is 9.95. The van der Waals surface area contributed by atoms with E-state index in [1.165, 1.54) is 36.6 Å². The number of hydrogen-bond acceptors (Lipinski definition) is 5. The van der Waals surface area contributed by atoms with E-state index in [1.54, 1.807) is 0 Å². The van der Waals surface area contributed by atoms with Crippen LogP contribution < -0.4 is 0 Å². The molecule has 0 unspecified atom stereocenters. The predicted octanol–water partition coefficient (Wildman–Crippen LogP) is 14.7. The summed E-state index contributed by atoms with van der Waals surface area (Å²) in [5, 5.41) is 4.80. The van der Waals surface area contributed by atoms with Crippen molar-refractivity contribution < 1.29 is 0 Å². The SMILES string of the molecule is c1ccc(-c2cccc(-c3cnc(-c4cccc5sc6ccc7c8ccccc8n(-c8ccccc8)c7c6c45)c(-c4nc(-c5ccccc5)nc(-c5ccccc5)n4)c3)c2)cc1. The van der Waals surface area contributed by atoms with Crippen molar-refractivity contribution in [1.82, 2.24) is 24.5 Å². The highest BCUT2D eigenvalue weighted by atomic mass is 32.1. The van der Waals surface area contributed by atoms with Crippen molar-refractivity contribution in [1.29, 1.82) is 0 Å². The summed E-state index contributed by atoms with van der Waals surface area (Å²) in [5.74, 6) is 1.76. The van der Waals surface area contributed by atoms with Gasteiger partial charge in [-0.3, -0.25) is 4.98 Å². The van der Waals surface area contributed by atoms with E-state index >= 15 is 0 Å². The van der Waals surface area contributed by atoms with Crippen LogP contribution >= 0.6 is 11.3 Å². The summed E-state index contributed by atoms with van der Waals surface area (Å²) >= 11 is 1.82. The summed E-state index contributed by atoms with van der Waals surface area (Å²) < 4.78 is 4.83. The molecule has 6 heteroatoms. The molecule has 0 bridgehead atoms. The van der Waals surface area contributed by atoms with Crippen LogP contribution in [-0.2, 0) is 0 Å². The average Bonchev–Trinajstić information content (AvgIpc) is 3.91. The summed E-state index contributed by atoms with van der Waals surface area (Å²) in [6, 6.07) is 72.3. The molecule has 4 aromatic heterocycles. The molecule has 5 nitrogen and oxygen atoms in total. The van der Waals surface area contributed by atoms with Crippen LogP contribution in [0.1, 0.15) is 0 Å².